The van der Waals surface area contributed by atoms with E-state index in [0.717, 1.165) is 30.4 Å². The minimum atomic E-state index is -0.911. The number of carboxylic acids is 1. The van der Waals surface area contributed by atoms with E-state index in [0.29, 0.717) is 6.54 Å². The van der Waals surface area contributed by atoms with Crippen LogP contribution in [0.2, 0.25) is 0 Å². The van der Waals surface area contributed by atoms with Gasteiger partial charge in [0, 0.05) is 39.4 Å². The van der Waals surface area contributed by atoms with Crippen LogP contribution in [0.3, 0.4) is 0 Å². The van der Waals surface area contributed by atoms with Crippen LogP contribution in [0.1, 0.15) is 32.3 Å². The molecular weight excluding hydrogens is 320 g/mol. The number of pyridine rings is 1. The van der Waals surface area contributed by atoms with E-state index in [-0.39, 0.29) is 12.6 Å². The van der Waals surface area contributed by atoms with Crippen LogP contribution in [0, 0.1) is 11.8 Å². The number of piperidine rings is 1. The Morgan fingerprint density at radius 1 is 1.40 bits per heavy atom. The number of carboxylic acid groups (broad SMARTS) is 1. The number of carbonyl (C=O) groups excluding carboxylic acids is 1. The monoisotopic (exact) mass is 348 g/mol. The number of hydrogen-bond acceptors (Lipinski definition) is 4. The maximum absolute atomic E-state index is 12.0. The summed E-state index contributed by atoms with van der Waals surface area (Å²) in [7, 11) is 1.59. The third kappa shape index (κ3) is 5.62. The van der Waals surface area contributed by atoms with Gasteiger partial charge in [0.05, 0.1) is 5.92 Å². The number of anilines is 1. The fourth-order valence-corrected chi connectivity index (χ4v) is 2.83. The highest BCUT2D eigenvalue weighted by atomic mass is 16.4. The fourth-order valence-electron chi connectivity index (χ4n) is 2.83. The topological polar surface area (TPSA) is 85.8 Å². The van der Waals surface area contributed by atoms with Crippen LogP contribution in [-0.2, 0) is 11.3 Å². The van der Waals surface area contributed by atoms with Crippen LogP contribution in [0.4, 0.5) is 10.6 Å². The average molecular weight is 348 g/mol. The Balaban J connectivity index is 1.81. The number of rotatable bonds is 6. The molecule has 0 saturated carbocycles. The van der Waals surface area contributed by atoms with Crippen molar-refractivity contribution in [2.24, 2.45) is 11.8 Å². The normalized spacial score (nSPS) is 16.4. The molecule has 25 heavy (non-hydrogen) atoms. The molecule has 2 N–H and O–H groups in total. The molecule has 138 valence electrons. The first kappa shape index (κ1) is 19.0. The van der Waals surface area contributed by atoms with Crippen molar-refractivity contribution in [3.8, 4) is 0 Å². The minimum absolute atomic E-state index is 0.172. The highest BCUT2D eigenvalue weighted by Crippen LogP contribution is 2.21. The molecule has 1 fully saturated rings. The van der Waals surface area contributed by atoms with Crippen molar-refractivity contribution in [3.05, 3.63) is 23.9 Å². The molecule has 1 aliphatic heterocycles. The van der Waals surface area contributed by atoms with E-state index >= 15 is 0 Å². The number of hydrogen-bond donors (Lipinski definition) is 2. The summed E-state index contributed by atoms with van der Waals surface area (Å²) in [5.41, 5.74) is 0.919. The van der Waals surface area contributed by atoms with Gasteiger partial charge in [-0.2, -0.15) is 0 Å². The first-order valence-corrected chi connectivity index (χ1v) is 8.78. The lowest BCUT2D eigenvalue weighted by Gasteiger charge is -2.31. The Bertz CT molecular complexity index is 582. The van der Waals surface area contributed by atoms with Crippen molar-refractivity contribution in [1.82, 2.24) is 15.2 Å². The van der Waals surface area contributed by atoms with Gasteiger partial charge in [0.15, 0.2) is 0 Å². The van der Waals surface area contributed by atoms with E-state index in [1.54, 1.807) is 20.2 Å². The largest absolute Gasteiger partial charge is 0.481 e. The molecule has 7 nitrogen and oxygen atoms in total. The molecule has 1 aliphatic rings. The van der Waals surface area contributed by atoms with E-state index in [9.17, 15) is 9.59 Å². The molecule has 0 radical (unpaired) electrons. The van der Waals surface area contributed by atoms with Crippen LogP contribution in [0.25, 0.3) is 0 Å². The molecule has 1 unspecified atom stereocenters. The zero-order chi connectivity index (χ0) is 18.4. The van der Waals surface area contributed by atoms with Gasteiger partial charge in [-0.25, -0.2) is 9.78 Å². The Labute approximate surface area is 149 Å². The molecule has 2 amide bonds. The highest BCUT2D eigenvalue weighted by molar-refractivity contribution is 5.75. The molecular formula is C18H28N4O3. The van der Waals surface area contributed by atoms with E-state index < -0.39 is 11.9 Å². The third-order valence-electron chi connectivity index (χ3n) is 4.68. The Morgan fingerprint density at radius 2 is 2.08 bits per heavy atom. The molecule has 0 aromatic carbocycles. The molecule has 0 bridgehead atoms. The van der Waals surface area contributed by atoms with Gasteiger partial charge in [-0.1, -0.05) is 19.9 Å². The summed E-state index contributed by atoms with van der Waals surface area (Å²) in [5, 5.41) is 11.7. The maximum Gasteiger partial charge on any atom is 0.317 e. The lowest BCUT2D eigenvalue weighted by molar-refractivity contribution is -0.141. The Kier molecular flexibility index (Phi) is 6.61. The van der Waals surface area contributed by atoms with Crippen LogP contribution in [0.5, 0.6) is 0 Å². The van der Waals surface area contributed by atoms with Crippen LogP contribution < -0.4 is 10.2 Å². The van der Waals surface area contributed by atoms with Crippen molar-refractivity contribution in [2.45, 2.75) is 33.2 Å². The molecule has 2 heterocycles. The van der Waals surface area contributed by atoms with Gasteiger partial charge in [-0.05, 0) is 30.4 Å². The average Bonchev–Trinajstić information content (AvgIpc) is 2.60. The van der Waals surface area contributed by atoms with Gasteiger partial charge < -0.3 is 20.2 Å². The molecule has 2 rings (SSSR count). The summed E-state index contributed by atoms with van der Waals surface area (Å²) in [6.45, 7) is 6.48. The van der Waals surface area contributed by atoms with Crippen molar-refractivity contribution in [1.29, 1.82) is 0 Å². The zero-order valence-electron chi connectivity index (χ0n) is 15.2. The van der Waals surface area contributed by atoms with Crippen molar-refractivity contribution >= 4 is 17.8 Å². The number of carbonyl (C=O) groups is 2. The summed E-state index contributed by atoms with van der Waals surface area (Å²) in [5.74, 6) is 0.261. The fraction of sp³-hybridized carbons (Fsp3) is 0.611. The smallest absolute Gasteiger partial charge is 0.317 e. The Morgan fingerprint density at radius 3 is 2.64 bits per heavy atom. The highest BCUT2D eigenvalue weighted by Gasteiger charge is 2.18. The summed E-state index contributed by atoms with van der Waals surface area (Å²) in [6.07, 6.45) is 4.18. The summed E-state index contributed by atoms with van der Waals surface area (Å²) >= 11 is 0. The number of urea groups is 1. The molecule has 1 aromatic heterocycles. The SMILES string of the molecule is CC1CCN(c2ccc(CNC(=O)N(C)CC(C)C(=O)O)cn2)CC1. The minimum Gasteiger partial charge on any atom is -0.481 e. The van der Waals surface area contributed by atoms with Crippen molar-refractivity contribution < 1.29 is 14.7 Å². The van der Waals surface area contributed by atoms with E-state index in [1.165, 1.54) is 17.7 Å². The summed E-state index contributed by atoms with van der Waals surface area (Å²) in [6, 6.07) is 3.68. The molecule has 1 saturated heterocycles. The standard InChI is InChI=1S/C18H28N4O3/c1-13-6-8-22(9-7-13)16-5-4-15(10-19-16)11-20-18(25)21(3)12-14(2)17(23)24/h4-5,10,13-14H,6-9,11-12H2,1-3H3,(H,20,25)(H,23,24). The quantitative estimate of drug-likeness (QED) is 0.823. The van der Waals surface area contributed by atoms with Crippen molar-refractivity contribution in [2.75, 3.05) is 31.6 Å². The van der Waals surface area contributed by atoms with Gasteiger partial charge in [-0.3, -0.25) is 4.79 Å². The second kappa shape index (κ2) is 8.69. The number of amides is 2. The van der Waals surface area contributed by atoms with Crippen molar-refractivity contribution in [3.63, 3.8) is 0 Å². The van der Waals surface area contributed by atoms with Gasteiger partial charge in [-0.15, -0.1) is 0 Å². The molecule has 0 aliphatic carbocycles. The molecule has 1 atom stereocenters. The van der Waals surface area contributed by atoms with Gasteiger partial charge in [0.25, 0.3) is 0 Å². The zero-order valence-corrected chi connectivity index (χ0v) is 15.2. The number of nitrogens with zero attached hydrogens (tertiary/aromatic N) is 3. The van der Waals surface area contributed by atoms with Crippen LogP contribution >= 0.6 is 0 Å². The predicted octanol–water partition coefficient (Wildman–Crippen LogP) is 2.18. The predicted molar refractivity (Wildman–Crippen MR) is 96.5 cm³/mol. The van der Waals surface area contributed by atoms with E-state index in [4.69, 9.17) is 5.11 Å². The second-order valence-electron chi connectivity index (χ2n) is 6.97. The number of nitrogens with one attached hydrogen (secondary N) is 1. The summed E-state index contributed by atoms with van der Waals surface area (Å²) in [4.78, 5) is 31.0. The van der Waals surface area contributed by atoms with Crippen LogP contribution in [-0.4, -0.2) is 53.7 Å². The first-order valence-electron chi connectivity index (χ1n) is 8.78. The van der Waals surface area contributed by atoms with E-state index in [2.05, 4.69) is 22.1 Å². The summed E-state index contributed by atoms with van der Waals surface area (Å²) < 4.78 is 0. The Hall–Kier alpha value is -2.31. The van der Waals surface area contributed by atoms with Gasteiger partial charge in [0.2, 0.25) is 0 Å². The lowest BCUT2D eigenvalue weighted by atomic mass is 9.99. The maximum atomic E-state index is 12.0. The number of aromatic nitrogens is 1. The van der Waals surface area contributed by atoms with Gasteiger partial charge in [0.1, 0.15) is 5.82 Å². The van der Waals surface area contributed by atoms with Gasteiger partial charge >= 0.3 is 12.0 Å². The van der Waals surface area contributed by atoms with Crippen LogP contribution in [0.15, 0.2) is 18.3 Å². The molecule has 0 spiro atoms. The number of aliphatic carboxylic acids is 1. The molecule has 1 aromatic rings. The molecule has 7 heteroatoms. The van der Waals surface area contributed by atoms with E-state index in [1.807, 2.05) is 12.1 Å². The lowest BCUT2D eigenvalue weighted by Crippen LogP contribution is -2.40. The second-order valence-corrected chi connectivity index (χ2v) is 6.97. The first-order chi connectivity index (χ1) is 11.9. The third-order valence-corrected chi connectivity index (χ3v) is 4.68.